The van der Waals surface area contributed by atoms with Gasteiger partial charge in [0.2, 0.25) is 5.91 Å². The summed E-state index contributed by atoms with van der Waals surface area (Å²) in [4.78, 5) is 14.1. The van der Waals surface area contributed by atoms with E-state index in [9.17, 15) is 4.79 Å². The van der Waals surface area contributed by atoms with Crippen LogP contribution in [-0.2, 0) is 16.1 Å². The van der Waals surface area contributed by atoms with Crippen LogP contribution in [0.5, 0.6) is 0 Å². The molecule has 5 heteroatoms. The fraction of sp³-hybridized carbons (Fsp3) is 0.533. The molecule has 1 aliphatic heterocycles. The topological polar surface area (TPSA) is 67.6 Å². The van der Waals surface area contributed by atoms with Gasteiger partial charge in [0.25, 0.3) is 0 Å². The molecule has 0 radical (unpaired) electrons. The monoisotopic (exact) mass is 277 g/mol. The second kappa shape index (κ2) is 7.38. The van der Waals surface area contributed by atoms with Crippen molar-refractivity contribution in [2.24, 2.45) is 5.73 Å². The Bertz CT molecular complexity index is 425. The Morgan fingerprint density at radius 1 is 1.35 bits per heavy atom. The molecule has 1 saturated heterocycles. The van der Waals surface area contributed by atoms with Gasteiger partial charge in [-0.15, -0.1) is 0 Å². The van der Waals surface area contributed by atoms with Gasteiger partial charge in [-0.25, -0.2) is 0 Å². The van der Waals surface area contributed by atoms with Crippen LogP contribution >= 0.6 is 0 Å². The Morgan fingerprint density at radius 3 is 2.55 bits per heavy atom. The number of carbonyl (C=O) groups excluding carboxylic acids is 1. The number of hydrogen-bond acceptors (Lipinski definition) is 4. The van der Waals surface area contributed by atoms with Gasteiger partial charge < -0.3 is 15.8 Å². The summed E-state index contributed by atoms with van der Waals surface area (Å²) in [6.45, 7) is 2.79. The molecular formula is C15H23N3O2. The standard InChI is InChI=1S/C15H23N3O2/c1-20-14-6-8-18(9-7-14)11-15(19)17-13-4-2-12(10-16)3-5-13/h2-5,14H,6-11,16H2,1H3,(H,17,19). The number of likely N-dealkylation sites (tertiary alicyclic amines) is 1. The zero-order valence-electron chi connectivity index (χ0n) is 12.0. The van der Waals surface area contributed by atoms with Crippen LogP contribution in [0.2, 0.25) is 0 Å². The Labute approximate surface area is 120 Å². The molecule has 1 aromatic carbocycles. The molecule has 2 rings (SSSR count). The highest BCUT2D eigenvalue weighted by atomic mass is 16.5. The van der Waals surface area contributed by atoms with Crippen molar-refractivity contribution in [2.75, 3.05) is 32.1 Å². The predicted octanol–water partition coefficient (Wildman–Crippen LogP) is 1.19. The second-order valence-electron chi connectivity index (χ2n) is 5.16. The molecule has 1 heterocycles. The summed E-state index contributed by atoms with van der Waals surface area (Å²) in [5.41, 5.74) is 7.42. The third kappa shape index (κ3) is 4.30. The smallest absolute Gasteiger partial charge is 0.238 e. The quantitative estimate of drug-likeness (QED) is 0.848. The van der Waals surface area contributed by atoms with Crippen molar-refractivity contribution in [2.45, 2.75) is 25.5 Å². The molecule has 1 aliphatic rings. The molecule has 0 aromatic heterocycles. The molecule has 1 amide bonds. The minimum Gasteiger partial charge on any atom is -0.381 e. The van der Waals surface area contributed by atoms with Crippen LogP contribution in [0.15, 0.2) is 24.3 Å². The van der Waals surface area contributed by atoms with Crippen LogP contribution in [-0.4, -0.2) is 43.7 Å². The number of rotatable bonds is 5. The average Bonchev–Trinajstić information content (AvgIpc) is 2.49. The number of amides is 1. The Balaban J connectivity index is 1.77. The number of methoxy groups -OCH3 is 1. The molecule has 0 aliphatic carbocycles. The first-order chi connectivity index (χ1) is 9.71. The zero-order valence-corrected chi connectivity index (χ0v) is 12.0. The van der Waals surface area contributed by atoms with Gasteiger partial charge in [0.05, 0.1) is 12.6 Å². The lowest BCUT2D eigenvalue weighted by Gasteiger charge is -2.30. The molecule has 0 unspecified atom stereocenters. The van der Waals surface area contributed by atoms with E-state index in [0.717, 1.165) is 37.2 Å². The Hall–Kier alpha value is -1.43. The molecule has 0 saturated carbocycles. The van der Waals surface area contributed by atoms with Crippen molar-refractivity contribution < 1.29 is 9.53 Å². The first-order valence-corrected chi connectivity index (χ1v) is 7.05. The van der Waals surface area contributed by atoms with Gasteiger partial charge >= 0.3 is 0 Å². The van der Waals surface area contributed by atoms with Crippen molar-refractivity contribution >= 4 is 11.6 Å². The number of ether oxygens (including phenoxy) is 1. The SMILES string of the molecule is COC1CCN(CC(=O)Nc2ccc(CN)cc2)CC1. The van der Waals surface area contributed by atoms with Gasteiger partial charge in [0.15, 0.2) is 0 Å². The van der Waals surface area contributed by atoms with Gasteiger partial charge in [0, 0.05) is 32.4 Å². The number of benzene rings is 1. The summed E-state index contributed by atoms with van der Waals surface area (Å²) in [6, 6.07) is 7.63. The highest BCUT2D eigenvalue weighted by Gasteiger charge is 2.20. The second-order valence-corrected chi connectivity index (χ2v) is 5.16. The molecule has 110 valence electrons. The van der Waals surface area contributed by atoms with Crippen molar-refractivity contribution in [3.05, 3.63) is 29.8 Å². The third-order valence-corrected chi connectivity index (χ3v) is 3.71. The highest BCUT2D eigenvalue weighted by molar-refractivity contribution is 5.92. The molecule has 0 spiro atoms. The van der Waals surface area contributed by atoms with Gasteiger partial charge in [-0.05, 0) is 30.5 Å². The minimum atomic E-state index is 0.0290. The summed E-state index contributed by atoms with van der Waals surface area (Å²) in [5, 5.41) is 2.91. The van der Waals surface area contributed by atoms with Crippen LogP contribution in [0.25, 0.3) is 0 Å². The van der Waals surface area contributed by atoms with Crippen molar-refractivity contribution in [1.29, 1.82) is 0 Å². The maximum absolute atomic E-state index is 12.0. The van der Waals surface area contributed by atoms with Gasteiger partial charge in [-0.2, -0.15) is 0 Å². The summed E-state index contributed by atoms with van der Waals surface area (Å²) in [6.07, 6.45) is 2.34. The summed E-state index contributed by atoms with van der Waals surface area (Å²) in [7, 11) is 1.75. The van der Waals surface area contributed by atoms with Gasteiger partial charge in [-0.3, -0.25) is 9.69 Å². The van der Waals surface area contributed by atoms with E-state index >= 15 is 0 Å². The maximum Gasteiger partial charge on any atom is 0.238 e. The van der Waals surface area contributed by atoms with Crippen LogP contribution < -0.4 is 11.1 Å². The molecule has 5 nitrogen and oxygen atoms in total. The molecule has 1 aromatic rings. The van der Waals surface area contributed by atoms with Crippen LogP contribution in [0.1, 0.15) is 18.4 Å². The van der Waals surface area contributed by atoms with E-state index in [4.69, 9.17) is 10.5 Å². The van der Waals surface area contributed by atoms with Crippen molar-refractivity contribution in [3.8, 4) is 0 Å². The molecular weight excluding hydrogens is 254 g/mol. The van der Waals surface area contributed by atoms with Gasteiger partial charge in [-0.1, -0.05) is 12.1 Å². The predicted molar refractivity (Wildman–Crippen MR) is 79.4 cm³/mol. The molecule has 3 N–H and O–H groups in total. The number of carbonyl (C=O) groups is 1. The number of nitrogens with zero attached hydrogens (tertiary/aromatic N) is 1. The van der Waals surface area contributed by atoms with E-state index in [1.165, 1.54) is 0 Å². The Kier molecular flexibility index (Phi) is 5.52. The molecule has 0 atom stereocenters. The van der Waals surface area contributed by atoms with Crippen LogP contribution in [0.4, 0.5) is 5.69 Å². The van der Waals surface area contributed by atoms with E-state index < -0.39 is 0 Å². The first-order valence-electron chi connectivity index (χ1n) is 7.05. The average molecular weight is 277 g/mol. The maximum atomic E-state index is 12.0. The lowest BCUT2D eigenvalue weighted by molar-refractivity contribution is -0.117. The van der Waals surface area contributed by atoms with Gasteiger partial charge in [0.1, 0.15) is 0 Å². The van der Waals surface area contributed by atoms with E-state index in [-0.39, 0.29) is 5.91 Å². The number of hydrogen-bond donors (Lipinski definition) is 2. The fourth-order valence-electron chi connectivity index (χ4n) is 2.43. The summed E-state index contributed by atoms with van der Waals surface area (Å²) >= 11 is 0. The van der Waals surface area contributed by atoms with Crippen LogP contribution in [0.3, 0.4) is 0 Å². The first kappa shape index (κ1) is 15.0. The fourth-order valence-corrected chi connectivity index (χ4v) is 2.43. The summed E-state index contributed by atoms with van der Waals surface area (Å²) in [5.74, 6) is 0.0290. The molecule has 20 heavy (non-hydrogen) atoms. The van der Waals surface area contributed by atoms with E-state index in [0.29, 0.717) is 19.2 Å². The lowest BCUT2D eigenvalue weighted by atomic mass is 10.1. The lowest BCUT2D eigenvalue weighted by Crippen LogP contribution is -2.41. The molecule has 0 bridgehead atoms. The molecule has 1 fully saturated rings. The summed E-state index contributed by atoms with van der Waals surface area (Å²) < 4.78 is 5.32. The normalized spacial score (nSPS) is 17.1. The van der Waals surface area contributed by atoms with E-state index in [2.05, 4.69) is 10.2 Å². The van der Waals surface area contributed by atoms with Crippen molar-refractivity contribution in [1.82, 2.24) is 4.90 Å². The van der Waals surface area contributed by atoms with E-state index in [1.807, 2.05) is 24.3 Å². The number of anilines is 1. The number of nitrogens with two attached hydrogens (primary N) is 1. The highest BCUT2D eigenvalue weighted by Crippen LogP contribution is 2.13. The minimum absolute atomic E-state index is 0.0290. The van der Waals surface area contributed by atoms with Crippen molar-refractivity contribution in [3.63, 3.8) is 0 Å². The Morgan fingerprint density at radius 2 is 2.00 bits per heavy atom. The third-order valence-electron chi connectivity index (χ3n) is 3.71. The van der Waals surface area contributed by atoms with E-state index in [1.54, 1.807) is 7.11 Å². The zero-order chi connectivity index (χ0) is 14.4. The number of piperidine rings is 1. The van der Waals surface area contributed by atoms with Crippen LogP contribution in [0, 0.1) is 0 Å². The largest absolute Gasteiger partial charge is 0.381 e. The number of nitrogens with one attached hydrogen (secondary N) is 1.